The molecule has 0 spiro atoms. The summed E-state index contributed by atoms with van der Waals surface area (Å²) in [6, 6.07) is -0.0554. The fourth-order valence-electron chi connectivity index (χ4n) is 6.36. The number of fused-ring (bicyclic) bond motifs is 3. The molecule has 5 N–H and O–H groups in total. The number of halogens is 1. The zero-order valence-electron chi connectivity index (χ0n) is 21.0. The van der Waals surface area contributed by atoms with Crippen LogP contribution in [0.3, 0.4) is 0 Å². The van der Waals surface area contributed by atoms with E-state index in [1.165, 1.54) is 19.0 Å². The van der Waals surface area contributed by atoms with Crippen molar-refractivity contribution in [2.24, 2.45) is 29.4 Å². The molecule has 11 heteroatoms. The number of carbonyl (C=O) groups is 5. The van der Waals surface area contributed by atoms with Crippen LogP contribution < -0.4 is 11.1 Å². The smallest absolute Gasteiger partial charge is 0.235 e. The van der Waals surface area contributed by atoms with Crippen LogP contribution in [-0.2, 0) is 32.1 Å². The van der Waals surface area contributed by atoms with Gasteiger partial charge in [0.2, 0.25) is 5.91 Å². The third-order valence-electron chi connectivity index (χ3n) is 8.09. The lowest BCUT2D eigenvalue weighted by molar-refractivity contribution is -0.181. The van der Waals surface area contributed by atoms with Crippen LogP contribution in [0.4, 0.5) is 4.39 Å². The third kappa shape index (κ3) is 4.00. The van der Waals surface area contributed by atoms with Gasteiger partial charge in [0.25, 0.3) is 0 Å². The first-order chi connectivity index (χ1) is 17.4. The lowest BCUT2D eigenvalue weighted by Crippen LogP contribution is -2.74. The second-order valence-corrected chi connectivity index (χ2v) is 10.5. The van der Waals surface area contributed by atoms with Crippen molar-refractivity contribution in [1.29, 1.82) is 0 Å². The number of nitrogens with two attached hydrogens (primary N) is 1. The minimum Gasteiger partial charge on any atom is -0.507 e. The Morgan fingerprint density at radius 2 is 1.92 bits per heavy atom. The van der Waals surface area contributed by atoms with E-state index in [1.807, 2.05) is 6.92 Å². The number of rotatable bonds is 7. The molecule has 1 aromatic carbocycles. The Hall–Kier alpha value is -3.02. The van der Waals surface area contributed by atoms with Crippen molar-refractivity contribution < 1.29 is 38.6 Å². The van der Waals surface area contributed by atoms with Gasteiger partial charge in [-0.2, -0.15) is 0 Å². The predicted molar refractivity (Wildman–Crippen MR) is 128 cm³/mol. The molecular formula is C26H32FN3O7. The Balaban J connectivity index is 1.77. The van der Waals surface area contributed by atoms with Crippen molar-refractivity contribution in [1.82, 2.24) is 10.2 Å². The average Bonchev–Trinajstić information content (AvgIpc) is 2.81. The molecule has 0 aromatic heterocycles. The van der Waals surface area contributed by atoms with E-state index in [0.29, 0.717) is 6.54 Å². The molecule has 2 fully saturated rings. The van der Waals surface area contributed by atoms with Gasteiger partial charge in [-0.05, 0) is 51.9 Å². The number of benzene rings is 1. The Labute approximate surface area is 213 Å². The number of nitrogens with one attached hydrogen (secondary N) is 1. The van der Waals surface area contributed by atoms with Crippen molar-refractivity contribution in [3.63, 3.8) is 0 Å². The highest BCUT2D eigenvalue weighted by Crippen LogP contribution is 2.51. The molecule has 10 nitrogen and oxygen atoms in total. The Morgan fingerprint density at radius 3 is 2.51 bits per heavy atom. The Bertz CT molecular complexity index is 1200. The number of nitrogens with zero attached hydrogens (tertiary/aromatic N) is 1. The number of aliphatic hydroxyl groups is 1. The number of unbranched alkanes of at least 4 members (excludes halogenated alkanes) is 1. The van der Waals surface area contributed by atoms with Gasteiger partial charge in [-0.25, -0.2) is 4.39 Å². The van der Waals surface area contributed by atoms with Crippen LogP contribution in [0.25, 0.3) is 0 Å². The number of likely N-dealkylation sites (N-methyl/N-ethyl adjacent to an activating group) is 1. The topological polar surface area (TPSA) is 167 Å². The number of primary amides is 1. The standard InChI is InChI=1S/C26H32FN3O7/c1-4-5-6-29-10-12-9-15(31)17-13(19(12)27)7-11-8-14-20(30(2)3)22(33)18(25(28)36)24(35)26(14,37)23(34)16(11)21(17)32/h9,11,14,16,18,20,29,31,37H,4-8,10H2,1-3H3,(H2,28,36)/t11-,14-,16?,18?,20-,26-/m0/s1. The number of hydrogen-bond donors (Lipinski definition) is 4. The molecular weight excluding hydrogens is 485 g/mol. The van der Waals surface area contributed by atoms with Gasteiger partial charge in [0.05, 0.1) is 17.5 Å². The molecule has 200 valence electrons. The first-order valence-corrected chi connectivity index (χ1v) is 12.5. The lowest BCUT2D eigenvalue weighted by atomic mass is 9.52. The zero-order chi connectivity index (χ0) is 27.4. The normalized spacial score (nSPS) is 31.2. The molecule has 0 heterocycles. The molecule has 6 atom stereocenters. The van der Waals surface area contributed by atoms with Crippen LogP contribution in [0.1, 0.15) is 47.7 Å². The predicted octanol–water partition coefficient (Wildman–Crippen LogP) is -0.104. The number of ketones is 4. The van der Waals surface area contributed by atoms with E-state index in [1.54, 1.807) is 0 Å². The maximum absolute atomic E-state index is 15.5. The van der Waals surface area contributed by atoms with E-state index in [9.17, 15) is 34.2 Å². The molecule has 2 saturated carbocycles. The minimum absolute atomic E-state index is 0.0262. The van der Waals surface area contributed by atoms with Gasteiger partial charge in [0.1, 0.15) is 11.6 Å². The summed E-state index contributed by atoms with van der Waals surface area (Å²) in [7, 11) is 3.01. The Kier molecular flexibility index (Phi) is 7.08. The molecule has 37 heavy (non-hydrogen) atoms. The summed E-state index contributed by atoms with van der Waals surface area (Å²) in [6.45, 7) is 2.80. The summed E-state index contributed by atoms with van der Waals surface area (Å²) >= 11 is 0. The van der Waals surface area contributed by atoms with E-state index in [4.69, 9.17) is 5.73 Å². The summed E-state index contributed by atoms with van der Waals surface area (Å²) in [5, 5.41) is 25.3. The number of carbonyl (C=O) groups excluding carboxylic acids is 5. The first kappa shape index (κ1) is 27.0. The number of amides is 1. The molecule has 1 aromatic rings. The molecule has 3 aliphatic rings. The van der Waals surface area contributed by atoms with Gasteiger partial charge in [-0.15, -0.1) is 0 Å². The molecule has 0 saturated heterocycles. The average molecular weight is 518 g/mol. The van der Waals surface area contributed by atoms with E-state index in [-0.39, 0.29) is 36.1 Å². The molecule has 2 unspecified atom stereocenters. The van der Waals surface area contributed by atoms with Crippen LogP contribution in [0.5, 0.6) is 5.75 Å². The molecule has 0 bridgehead atoms. The fraction of sp³-hybridized carbons (Fsp3) is 0.577. The highest BCUT2D eigenvalue weighted by atomic mass is 19.1. The summed E-state index contributed by atoms with van der Waals surface area (Å²) in [5.41, 5.74) is 2.30. The first-order valence-electron chi connectivity index (χ1n) is 12.5. The summed E-state index contributed by atoms with van der Waals surface area (Å²) in [4.78, 5) is 66.9. The third-order valence-corrected chi connectivity index (χ3v) is 8.09. The zero-order valence-corrected chi connectivity index (χ0v) is 21.0. The van der Waals surface area contributed by atoms with Gasteiger partial charge >= 0.3 is 0 Å². The van der Waals surface area contributed by atoms with Gasteiger partial charge in [-0.3, -0.25) is 28.9 Å². The molecule has 4 rings (SSSR count). The number of Topliss-reactive ketones (excluding diaryl/α,β-unsaturated/α-hetero) is 4. The van der Waals surface area contributed by atoms with Crippen molar-refractivity contribution in [2.45, 2.75) is 50.8 Å². The molecule has 0 radical (unpaired) electrons. The number of phenols is 1. The van der Waals surface area contributed by atoms with E-state index >= 15 is 4.39 Å². The van der Waals surface area contributed by atoms with Gasteiger partial charge in [0.15, 0.2) is 34.7 Å². The fourth-order valence-corrected chi connectivity index (χ4v) is 6.36. The lowest BCUT2D eigenvalue weighted by Gasteiger charge is -2.52. The Morgan fingerprint density at radius 1 is 1.24 bits per heavy atom. The molecule has 3 aliphatic carbocycles. The summed E-state index contributed by atoms with van der Waals surface area (Å²) in [6.07, 6.45) is 1.61. The largest absolute Gasteiger partial charge is 0.507 e. The van der Waals surface area contributed by atoms with Gasteiger partial charge in [-0.1, -0.05) is 13.3 Å². The summed E-state index contributed by atoms with van der Waals surface area (Å²) in [5.74, 6) is -12.3. The van der Waals surface area contributed by atoms with Crippen molar-refractivity contribution in [3.8, 4) is 5.75 Å². The van der Waals surface area contributed by atoms with Crippen LogP contribution in [0.2, 0.25) is 0 Å². The van der Waals surface area contributed by atoms with E-state index < -0.39 is 75.9 Å². The van der Waals surface area contributed by atoms with Crippen molar-refractivity contribution in [3.05, 3.63) is 28.6 Å². The van der Waals surface area contributed by atoms with Crippen LogP contribution in [0.15, 0.2) is 6.07 Å². The molecule has 0 aliphatic heterocycles. The van der Waals surface area contributed by atoms with Crippen molar-refractivity contribution >= 4 is 29.0 Å². The van der Waals surface area contributed by atoms with Crippen LogP contribution >= 0.6 is 0 Å². The SMILES string of the molecule is CCCCNCc1cc(O)c2c(c1F)C[C@H]1C[C@H]3[C@H](N(C)C)C(=O)C(C(N)=O)C(=O)[C@@]3(O)C(=O)C1C2=O. The number of phenolic OH excluding ortho intramolecular Hbond substituents is 1. The number of aromatic hydroxyl groups is 1. The van der Waals surface area contributed by atoms with Crippen molar-refractivity contribution in [2.75, 3.05) is 20.6 Å². The second-order valence-electron chi connectivity index (χ2n) is 10.5. The number of hydrogen-bond acceptors (Lipinski definition) is 9. The van der Waals surface area contributed by atoms with Gasteiger partial charge in [0, 0.05) is 23.6 Å². The van der Waals surface area contributed by atoms with E-state index in [2.05, 4.69) is 5.32 Å². The summed E-state index contributed by atoms with van der Waals surface area (Å²) < 4.78 is 15.5. The maximum Gasteiger partial charge on any atom is 0.235 e. The van der Waals surface area contributed by atoms with Crippen LogP contribution in [-0.4, -0.2) is 76.4 Å². The quantitative estimate of drug-likeness (QED) is 0.285. The highest BCUT2D eigenvalue weighted by Gasteiger charge is 2.69. The van der Waals surface area contributed by atoms with E-state index in [0.717, 1.165) is 18.9 Å². The maximum atomic E-state index is 15.5. The highest BCUT2D eigenvalue weighted by molar-refractivity contribution is 6.32. The monoisotopic (exact) mass is 517 g/mol. The minimum atomic E-state index is -2.80. The van der Waals surface area contributed by atoms with Crippen LogP contribution in [0, 0.1) is 29.5 Å². The molecule has 1 amide bonds. The second kappa shape index (κ2) is 9.70. The van der Waals surface area contributed by atoms with Gasteiger partial charge < -0.3 is 21.3 Å².